The maximum absolute atomic E-state index is 11.3. The van der Waals surface area contributed by atoms with Crippen LogP contribution in [-0.2, 0) is 14.3 Å². The van der Waals surface area contributed by atoms with Crippen molar-refractivity contribution < 1.29 is 14.3 Å². The number of rotatable bonds is 6. The van der Waals surface area contributed by atoms with Crippen molar-refractivity contribution in [2.45, 2.75) is 38.2 Å². The summed E-state index contributed by atoms with van der Waals surface area (Å²) in [4.78, 5) is 13.5. The number of hydrogen-bond donors (Lipinski definition) is 0. The van der Waals surface area contributed by atoms with Crippen molar-refractivity contribution in [2.24, 2.45) is 5.92 Å². The van der Waals surface area contributed by atoms with Gasteiger partial charge in [0, 0.05) is 6.61 Å². The van der Waals surface area contributed by atoms with E-state index in [2.05, 4.69) is 19.0 Å². The third-order valence-corrected chi connectivity index (χ3v) is 3.31. The smallest absolute Gasteiger partial charge is 0.308 e. The van der Waals surface area contributed by atoms with Gasteiger partial charge in [-0.1, -0.05) is 0 Å². The molecule has 0 N–H and O–H groups in total. The minimum absolute atomic E-state index is 0.0592. The molecular weight excluding hydrogens is 218 g/mol. The molecule has 0 unspecified atom stereocenters. The van der Waals surface area contributed by atoms with Crippen molar-refractivity contribution in [3.63, 3.8) is 0 Å². The highest BCUT2D eigenvalue weighted by Gasteiger charge is 2.26. The van der Waals surface area contributed by atoms with E-state index in [4.69, 9.17) is 9.47 Å². The zero-order chi connectivity index (χ0) is 12.7. The van der Waals surface area contributed by atoms with E-state index in [0.29, 0.717) is 6.10 Å². The van der Waals surface area contributed by atoms with Crippen LogP contribution in [0, 0.1) is 5.92 Å². The topological polar surface area (TPSA) is 38.8 Å². The Balaban J connectivity index is 2.09. The van der Waals surface area contributed by atoms with Gasteiger partial charge in [-0.25, -0.2) is 0 Å². The first kappa shape index (κ1) is 14.5. The predicted octanol–water partition coefficient (Wildman–Crippen LogP) is 1.69. The monoisotopic (exact) mass is 243 g/mol. The lowest BCUT2D eigenvalue weighted by Gasteiger charge is -2.27. The second kappa shape index (κ2) is 7.67. The van der Waals surface area contributed by atoms with Gasteiger partial charge < -0.3 is 14.4 Å². The lowest BCUT2D eigenvalue weighted by Crippen LogP contribution is -2.27. The molecule has 1 aliphatic rings. The number of carbonyl (C=O) groups is 1. The Morgan fingerprint density at radius 1 is 1.24 bits per heavy atom. The Bertz CT molecular complexity index is 223. The molecule has 4 nitrogen and oxygen atoms in total. The Morgan fingerprint density at radius 3 is 2.41 bits per heavy atom. The van der Waals surface area contributed by atoms with Crippen molar-refractivity contribution in [2.75, 3.05) is 34.4 Å². The van der Waals surface area contributed by atoms with E-state index in [9.17, 15) is 4.79 Å². The lowest BCUT2D eigenvalue weighted by molar-refractivity contribution is -0.147. The molecule has 0 spiro atoms. The molecule has 1 saturated carbocycles. The van der Waals surface area contributed by atoms with Gasteiger partial charge in [0.2, 0.25) is 0 Å². The number of methoxy groups -OCH3 is 1. The third kappa shape index (κ3) is 5.50. The Hall–Kier alpha value is -0.610. The third-order valence-electron chi connectivity index (χ3n) is 3.31. The van der Waals surface area contributed by atoms with Gasteiger partial charge in [-0.2, -0.15) is 0 Å². The zero-order valence-electron chi connectivity index (χ0n) is 11.3. The van der Waals surface area contributed by atoms with Crippen LogP contribution >= 0.6 is 0 Å². The number of carbonyl (C=O) groups excluding carboxylic acids is 1. The normalized spacial score (nSPS) is 24.9. The molecule has 0 radical (unpaired) electrons. The zero-order valence-corrected chi connectivity index (χ0v) is 11.3. The average Bonchev–Trinajstić information content (AvgIpc) is 2.34. The summed E-state index contributed by atoms with van der Waals surface area (Å²) < 4.78 is 10.6. The van der Waals surface area contributed by atoms with Crippen LogP contribution in [0.25, 0.3) is 0 Å². The molecule has 0 heterocycles. The van der Waals surface area contributed by atoms with Gasteiger partial charge in [-0.15, -0.1) is 0 Å². The van der Waals surface area contributed by atoms with E-state index in [1.165, 1.54) is 7.11 Å². The van der Waals surface area contributed by atoms with Crippen LogP contribution in [0.15, 0.2) is 0 Å². The minimum atomic E-state index is -0.0592. The van der Waals surface area contributed by atoms with Crippen molar-refractivity contribution in [3.8, 4) is 0 Å². The van der Waals surface area contributed by atoms with Gasteiger partial charge in [0.1, 0.15) is 0 Å². The highest BCUT2D eigenvalue weighted by atomic mass is 16.5. The Labute approximate surface area is 104 Å². The van der Waals surface area contributed by atoms with Crippen molar-refractivity contribution in [1.29, 1.82) is 0 Å². The molecule has 100 valence electrons. The van der Waals surface area contributed by atoms with Crippen LogP contribution in [-0.4, -0.2) is 51.3 Å². The molecule has 0 aromatic heterocycles. The second-order valence-corrected chi connectivity index (χ2v) is 5.02. The molecule has 4 heteroatoms. The van der Waals surface area contributed by atoms with E-state index < -0.39 is 0 Å². The lowest BCUT2D eigenvalue weighted by atomic mass is 9.87. The van der Waals surface area contributed by atoms with Crippen LogP contribution in [0.3, 0.4) is 0 Å². The summed E-state index contributed by atoms with van der Waals surface area (Å²) in [7, 11) is 5.61. The molecule has 0 amide bonds. The van der Waals surface area contributed by atoms with Gasteiger partial charge in [0.15, 0.2) is 0 Å². The first-order valence-electron chi connectivity index (χ1n) is 6.47. The van der Waals surface area contributed by atoms with Crippen LogP contribution in [0.2, 0.25) is 0 Å². The quantitative estimate of drug-likeness (QED) is 0.525. The standard InChI is InChI=1S/C13H25NO3/c1-14(2)9-4-10-17-12-7-5-11(6-8-12)13(15)16-3/h11-12H,4-10H2,1-3H3. The maximum atomic E-state index is 11.3. The predicted molar refractivity (Wildman–Crippen MR) is 66.9 cm³/mol. The molecule has 0 bridgehead atoms. The fourth-order valence-electron chi connectivity index (χ4n) is 2.26. The summed E-state index contributed by atoms with van der Waals surface area (Å²) in [5.41, 5.74) is 0. The summed E-state index contributed by atoms with van der Waals surface area (Å²) in [5.74, 6) is 0.0395. The summed E-state index contributed by atoms with van der Waals surface area (Å²) in [6.45, 7) is 1.89. The molecule has 0 aromatic rings. The van der Waals surface area contributed by atoms with Gasteiger partial charge >= 0.3 is 5.97 Å². The molecule has 1 fully saturated rings. The second-order valence-electron chi connectivity index (χ2n) is 5.02. The van der Waals surface area contributed by atoms with Gasteiger partial charge in [0.05, 0.1) is 19.1 Å². The fraction of sp³-hybridized carbons (Fsp3) is 0.923. The molecule has 17 heavy (non-hydrogen) atoms. The van der Waals surface area contributed by atoms with Crippen LogP contribution in [0.1, 0.15) is 32.1 Å². The minimum Gasteiger partial charge on any atom is -0.469 e. The van der Waals surface area contributed by atoms with Crippen LogP contribution in [0.5, 0.6) is 0 Å². The molecular formula is C13H25NO3. The average molecular weight is 243 g/mol. The van der Waals surface area contributed by atoms with E-state index in [1.807, 2.05) is 0 Å². The van der Waals surface area contributed by atoms with Crippen molar-refractivity contribution >= 4 is 5.97 Å². The summed E-state index contributed by atoms with van der Waals surface area (Å²) in [5, 5.41) is 0. The van der Waals surface area contributed by atoms with E-state index in [-0.39, 0.29) is 11.9 Å². The Kier molecular flexibility index (Phi) is 6.52. The Morgan fingerprint density at radius 2 is 1.88 bits per heavy atom. The number of esters is 1. The highest BCUT2D eigenvalue weighted by Crippen LogP contribution is 2.27. The molecule has 1 aliphatic carbocycles. The fourth-order valence-corrected chi connectivity index (χ4v) is 2.26. The van der Waals surface area contributed by atoms with Gasteiger partial charge in [0.25, 0.3) is 0 Å². The van der Waals surface area contributed by atoms with Crippen molar-refractivity contribution in [1.82, 2.24) is 4.90 Å². The first-order chi connectivity index (χ1) is 8.13. The molecule has 0 saturated heterocycles. The number of ether oxygens (including phenoxy) is 2. The van der Waals surface area contributed by atoms with Gasteiger partial charge in [-0.05, 0) is 52.7 Å². The van der Waals surface area contributed by atoms with E-state index >= 15 is 0 Å². The van der Waals surface area contributed by atoms with Gasteiger partial charge in [-0.3, -0.25) is 4.79 Å². The summed E-state index contributed by atoms with van der Waals surface area (Å²) in [6, 6.07) is 0. The van der Waals surface area contributed by atoms with Crippen LogP contribution in [0.4, 0.5) is 0 Å². The van der Waals surface area contributed by atoms with Crippen LogP contribution < -0.4 is 0 Å². The van der Waals surface area contributed by atoms with E-state index in [1.54, 1.807) is 0 Å². The molecule has 0 aromatic carbocycles. The maximum Gasteiger partial charge on any atom is 0.308 e. The number of hydrogen-bond acceptors (Lipinski definition) is 4. The first-order valence-corrected chi connectivity index (χ1v) is 6.47. The number of nitrogens with zero attached hydrogens (tertiary/aromatic N) is 1. The SMILES string of the molecule is COC(=O)C1CCC(OCCCN(C)C)CC1. The molecule has 0 aliphatic heterocycles. The van der Waals surface area contributed by atoms with E-state index in [0.717, 1.165) is 45.3 Å². The van der Waals surface area contributed by atoms with Crippen molar-refractivity contribution in [3.05, 3.63) is 0 Å². The molecule has 1 rings (SSSR count). The highest BCUT2D eigenvalue weighted by molar-refractivity contribution is 5.72. The summed E-state index contributed by atoms with van der Waals surface area (Å²) >= 11 is 0. The molecule has 0 atom stereocenters. The summed E-state index contributed by atoms with van der Waals surface area (Å²) in [6.07, 6.45) is 5.21. The largest absolute Gasteiger partial charge is 0.469 e.